The minimum absolute atomic E-state index is 0.0661. The first-order chi connectivity index (χ1) is 9.20. The maximum atomic E-state index is 13.4. The first-order valence-electron chi connectivity index (χ1n) is 6.20. The van der Waals surface area contributed by atoms with E-state index in [2.05, 4.69) is 0 Å². The monoisotopic (exact) mass is 258 g/mol. The fraction of sp³-hybridized carbons (Fsp3) is 0.188. The lowest BCUT2D eigenvalue weighted by Gasteiger charge is -2.08. The van der Waals surface area contributed by atoms with Gasteiger partial charge in [-0.2, -0.15) is 0 Å². The molecule has 0 aromatic heterocycles. The van der Waals surface area contributed by atoms with E-state index in [1.807, 2.05) is 6.92 Å². The van der Waals surface area contributed by atoms with E-state index in [1.165, 1.54) is 6.07 Å². The van der Waals surface area contributed by atoms with E-state index in [0.717, 1.165) is 0 Å². The second-order valence-electron chi connectivity index (χ2n) is 4.18. The molecule has 0 saturated heterocycles. The molecule has 0 saturated carbocycles. The van der Waals surface area contributed by atoms with Crippen LogP contribution in [0.5, 0.6) is 5.75 Å². The molecule has 0 heterocycles. The van der Waals surface area contributed by atoms with Crippen molar-refractivity contribution in [2.45, 2.75) is 20.0 Å². The Morgan fingerprint density at radius 2 is 1.95 bits per heavy atom. The van der Waals surface area contributed by atoms with Gasteiger partial charge in [0.15, 0.2) is 5.78 Å². The van der Waals surface area contributed by atoms with Crippen molar-refractivity contribution < 1.29 is 13.9 Å². The number of hydrogen-bond donors (Lipinski definition) is 0. The van der Waals surface area contributed by atoms with E-state index < -0.39 is 0 Å². The summed E-state index contributed by atoms with van der Waals surface area (Å²) in [6.45, 7) is 1.96. The van der Waals surface area contributed by atoms with Crippen molar-refractivity contribution in [3.05, 3.63) is 65.5 Å². The van der Waals surface area contributed by atoms with Crippen LogP contribution in [0.1, 0.15) is 29.3 Å². The number of ketones is 1. The molecule has 0 N–H and O–H groups in total. The summed E-state index contributed by atoms with van der Waals surface area (Å²) in [6.07, 6.45) is 0.455. The van der Waals surface area contributed by atoms with Gasteiger partial charge >= 0.3 is 0 Å². The van der Waals surface area contributed by atoms with Crippen molar-refractivity contribution in [2.75, 3.05) is 0 Å². The number of hydrogen-bond acceptors (Lipinski definition) is 2. The number of rotatable bonds is 5. The minimum Gasteiger partial charge on any atom is -0.489 e. The smallest absolute Gasteiger partial charge is 0.162 e. The van der Waals surface area contributed by atoms with Crippen LogP contribution in [-0.4, -0.2) is 5.78 Å². The number of carbonyl (C=O) groups excluding carboxylic acids is 1. The summed E-state index contributed by atoms with van der Waals surface area (Å²) in [5.41, 5.74) is 1.11. The zero-order valence-corrected chi connectivity index (χ0v) is 10.7. The van der Waals surface area contributed by atoms with Crippen LogP contribution in [0.15, 0.2) is 48.5 Å². The second-order valence-corrected chi connectivity index (χ2v) is 4.18. The van der Waals surface area contributed by atoms with Crippen LogP contribution in [0.25, 0.3) is 0 Å². The summed E-state index contributed by atoms with van der Waals surface area (Å²) in [5, 5.41) is 0. The standard InChI is InChI=1S/C16H15FO2/c1-2-16(18)12-7-5-8-14(10-12)19-11-13-6-3-4-9-15(13)17/h3-10H,2,11H2,1H3. The topological polar surface area (TPSA) is 26.3 Å². The van der Waals surface area contributed by atoms with Gasteiger partial charge in [-0.05, 0) is 18.2 Å². The summed E-state index contributed by atoms with van der Waals surface area (Å²) < 4.78 is 18.9. The fourth-order valence-electron chi connectivity index (χ4n) is 1.74. The lowest BCUT2D eigenvalue weighted by atomic mass is 10.1. The van der Waals surface area contributed by atoms with E-state index in [4.69, 9.17) is 4.74 Å². The van der Waals surface area contributed by atoms with Crippen molar-refractivity contribution in [3.63, 3.8) is 0 Å². The highest BCUT2D eigenvalue weighted by atomic mass is 19.1. The molecule has 0 atom stereocenters. The Labute approximate surface area is 111 Å². The van der Waals surface area contributed by atoms with Crippen molar-refractivity contribution in [1.82, 2.24) is 0 Å². The molecule has 2 rings (SSSR count). The normalized spacial score (nSPS) is 10.2. The number of halogens is 1. The van der Waals surface area contributed by atoms with E-state index in [1.54, 1.807) is 42.5 Å². The predicted octanol–water partition coefficient (Wildman–Crippen LogP) is 4.00. The Balaban J connectivity index is 2.08. The molecule has 0 bridgehead atoms. The SMILES string of the molecule is CCC(=O)c1cccc(OCc2ccccc2F)c1. The number of Topliss-reactive ketones (excluding diaryl/α,β-unsaturated/α-hetero) is 1. The molecule has 2 nitrogen and oxygen atoms in total. The highest BCUT2D eigenvalue weighted by Crippen LogP contribution is 2.17. The third-order valence-corrected chi connectivity index (χ3v) is 2.83. The number of carbonyl (C=O) groups is 1. The molecule has 0 unspecified atom stereocenters. The largest absolute Gasteiger partial charge is 0.489 e. The van der Waals surface area contributed by atoms with Crippen molar-refractivity contribution in [1.29, 1.82) is 0 Å². The van der Waals surface area contributed by atoms with Crippen LogP contribution < -0.4 is 4.74 Å². The maximum Gasteiger partial charge on any atom is 0.162 e. The van der Waals surface area contributed by atoms with Crippen LogP contribution in [0.2, 0.25) is 0 Å². The third kappa shape index (κ3) is 3.41. The van der Waals surface area contributed by atoms with Crippen molar-refractivity contribution >= 4 is 5.78 Å². The van der Waals surface area contributed by atoms with Gasteiger partial charge in [0.2, 0.25) is 0 Å². The highest BCUT2D eigenvalue weighted by Gasteiger charge is 2.05. The molecule has 0 aliphatic heterocycles. The predicted molar refractivity (Wildman–Crippen MR) is 71.8 cm³/mol. The molecule has 0 fully saturated rings. The number of benzene rings is 2. The first kappa shape index (κ1) is 13.3. The van der Waals surface area contributed by atoms with Crippen LogP contribution in [-0.2, 0) is 6.61 Å². The zero-order chi connectivity index (χ0) is 13.7. The van der Waals surface area contributed by atoms with Crippen molar-refractivity contribution in [2.24, 2.45) is 0 Å². The molecule has 0 aliphatic rings. The zero-order valence-electron chi connectivity index (χ0n) is 10.7. The molecular formula is C16H15FO2. The molecule has 0 aliphatic carbocycles. The first-order valence-corrected chi connectivity index (χ1v) is 6.20. The van der Waals surface area contributed by atoms with Crippen molar-refractivity contribution in [3.8, 4) is 5.75 Å². The summed E-state index contributed by atoms with van der Waals surface area (Å²) in [7, 11) is 0. The fourth-order valence-corrected chi connectivity index (χ4v) is 1.74. The van der Waals surface area contributed by atoms with Gasteiger partial charge < -0.3 is 4.74 Å². The minimum atomic E-state index is -0.289. The van der Waals surface area contributed by atoms with Crippen LogP contribution in [0, 0.1) is 5.82 Å². The van der Waals surface area contributed by atoms with Gasteiger partial charge in [0.25, 0.3) is 0 Å². The average molecular weight is 258 g/mol. The lowest BCUT2D eigenvalue weighted by Crippen LogP contribution is -2.00. The van der Waals surface area contributed by atoms with Gasteiger partial charge in [0.05, 0.1) is 0 Å². The average Bonchev–Trinajstić information content (AvgIpc) is 2.46. The summed E-state index contributed by atoms with van der Waals surface area (Å²) in [4.78, 5) is 11.6. The molecule has 98 valence electrons. The molecule has 2 aromatic carbocycles. The Bertz CT molecular complexity index is 578. The summed E-state index contributed by atoms with van der Waals surface area (Å²) >= 11 is 0. The van der Waals surface area contributed by atoms with Gasteiger partial charge in [-0.15, -0.1) is 0 Å². The van der Waals surface area contributed by atoms with E-state index in [-0.39, 0.29) is 18.2 Å². The van der Waals surface area contributed by atoms with Gasteiger partial charge in [0.1, 0.15) is 18.2 Å². The van der Waals surface area contributed by atoms with Gasteiger partial charge in [-0.3, -0.25) is 4.79 Å². The molecule has 0 radical (unpaired) electrons. The molecular weight excluding hydrogens is 243 g/mol. The Hall–Kier alpha value is -2.16. The Morgan fingerprint density at radius 3 is 2.68 bits per heavy atom. The van der Waals surface area contributed by atoms with E-state index in [0.29, 0.717) is 23.3 Å². The molecule has 19 heavy (non-hydrogen) atoms. The van der Waals surface area contributed by atoms with Crippen LogP contribution in [0.3, 0.4) is 0 Å². The highest BCUT2D eigenvalue weighted by molar-refractivity contribution is 5.96. The Morgan fingerprint density at radius 1 is 1.16 bits per heavy atom. The summed E-state index contributed by atoms with van der Waals surface area (Å²) in [5.74, 6) is 0.349. The van der Waals surface area contributed by atoms with Crippen LogP contribution in [0.4, 0.5) is 4.39 Å². The van der Waals surface area contributed by atoms with E-state index in [9.17, 15) is 9.18 Å². The molecule has 0 spiro atoms. The third-order valence-electron chi connectivity index (χ3n) is 2.83. The molecule has 3 heteroatoms. The van der Waals surface area contributed by atoms with Crippen LogP contribution >= 0.6 is 0 Å². The summed E-state index contributed by atoms with van der Waals surface area (Å²) in [6, 6.07) is 13.4. The van der Waals surface area contributed by atoms with E-state index >= 15 is 0 Å². The quantitative estimate of drug-likeness (QED) is 0.758. The molecule has 2 aromatic rings. The van der Waals surface area contributed by atoms with Gasteiger partial charge in [-0.1, -0.05) is 37.3 Å². The Kier molecular flexibility index (Phi) is 4.29. The van der Waals surface area contributed by atoms with Gasteiger partial charge in [-0.25, -0.2) is 4.39 Å². The maximum absolute atomic E-state index is 13.4. The lowest BCUT2D eigenvalue weighted by molar-refractivity contribution is 0.0987. The van der Waals surface area contributed by atoms with Gasteiger partial charge in [0, 0.05) is 17.5 Å². The second kappa shape index (κ2) is 6.14. The molecule has 0 amide bonds. The number of ether oxygens (including phenoxy) is 1.